The number of carbonyl (C=O) groups is 2. The number of carboxylic acid groups (broad SMARTS) is 1. The van der Waals surface area contributed by atoms with E-state index in [0.29, 0.717) is 0 Å². The highest BCUT2D eigenvalue weighted by Gasteiger charge is 2.32. The molecule has 3 N–H and O–H groups in total. The maximum atomic E-state index is 12.2. The van der Waals surface area contributed by atoms with Gasteiger partial charge in [-0.05, 0) is 32.6 Å². The first-order chi connectivity index (χ1) is 9.47. The molecular weight excluding hydrogens is 260 g/mol. The van der Waals surface area contributed by atoms with Gasteiger partial charge in [-0.1, -0.05) is 19.3 Å². The third-order valence-electron chi connectivity index (χ3n) is 3.89. The van der Waals surface area contributed by atoms with E-state index in [0.717, 1.165) is 32.1 Å². The third-order valence-corrected chi connectivity index (χ3v) is 3.89. The summed E-state index contributed by atoms with van der Waals surface area (Å²) >= 11 is 0. The molecule has 0 radical (unpaired) electrons. The Morgan fingerprint density at radius 2 is 1.85 bits per heavy atom. The molecule has 1 fully saturated rings. The lowest BCUT2D eigenvalue weighted by atomic mass is 9.84. The topological polar surface area (TPSA) is 89.9 Å². The molecule has 1 aliphatic carbocycles. The van der Waals surface area contributed by atoms with Crippen LogP contribution in [-0.2, 0) is 4.79 Å². The number of aliphatic hydroxyl groups is 1. The van der Waals surface area contributed by atoms with Crippen LogP contribution in [0.3, 0.4) is 0 Å². The van der Waals surface area contributed by atoms with E-state index in [4.69, 9.17) is 5.11 Å². The molecule has 0 aliphatic heterocycles. The molecule has 0 aromatic carbocycles. The Morgan fingerprint density at radius 1 is 1.25 bits per heavy atom. The van der Waals surface area contributed by atoms with Crippen LogP contribution in [0.2, 0.25) is 0 Å². The molecule has 1 aliphatic rings. The number of hydrogen-bond acceptors (Lipinski definition) is 3. The van der Waals surface area contributed by atoms with Crippen LogP contribution < -0.4 is 5.32 Å². The fraction of sp³-hybridized carbons (Fsp3) is 0.857. The van der Waals surface area contributed by atoms with Crippen LogP contribution in [0.15, 0.2) is 0 Å². The van der Waals surface area contributed by atoms with E-state index in [2.05, 4.69) is 5.32 Å². The second-order valence-corrected chi connectivity index (χ2v) is 5.67. The maximum absolute atomic E-state index is 12.2. The van der Waals surface area contributed by atoms with Crippen molar-refractivity contribution in [2.24, 2.45) is 5.92 Å². The molecule has 6 heteroatoms. The molecule has 2 amide bonds. The Kier molecular flexibility index (Phi) is 6.78. The molecule has 1 unspecified atom stereocenters. The van der Waals surface area contributed by atoms with E-state index in [9.17, 15) is 14.7 Å². The van der Waals surface area contributed by atoms with Crippen LogP contribution in [0.4, 0.5) is 4.79 Å². The number of hydrogen-bond donors (Lipinski definition) is 3. The van der Waals surface area contributed by atoms with Gasteiger partial charge in [-0.3, -0.25) is 0 Å². The summed E-state index contributed by atoms with van der Waals surface area (Å²) in [6, 6.07) is -1.32. The van der Waals surface area contributed by atoms with Crippen molar-refractivity contribution < 1.29 is 19.8 Å². The van der Waals surface area contributed by atoms with Crippen LogP contribution in [0.5, 0.6) is 0 Å². The molecule has 0 saturated heterocycles. The number of amides is 2. The van der Waals surface area contributed by atoms with Crippen LogP contribution in [-0.4, -0.2) is 52.3 Å². The number of urea groups is 1. The SMILES string of the molecule is CC(C)N(CCO)C(=O)NC(C(=O)O)C1CCCCC1. The lowest BCUT2D eigenvalue weighted by molar-refractivity contribution is -0.141. The van der Waals surface area contributed by atoms with Gasteiger partial charge in [-0.2, -0.15) is 0 Å². The van der Waals surface area contributed by atoms with Gasteiger partial charge in [0.15, 0.2) is 0 Å². The van der Waals surface area contributed by atoms with E-state index >= 15 is 0 Å². The highest BCUT2D eigenvalue weighted by atomic mass is 16.4. The first-order valence-corrected chi connectivity index (χ1v) is 7.38. The Labute approximate surface area is 120 Å². The first kappa shape index (κ1) is 16.8. The summed E-state index contributed by atoms with van der Waals surface area (Å²) in [4.78, 5) is 25.0. The average molecular weight is 286 g/mol. The monoisotopic (exact) mass is 286 g/mol. The van der Waals surface area contributed by atoms with Gasteiger partial charge in [0.05, 0.1) is 6.61 Å². The second-order valence-electron chi connectivity index (χ2n) is 5.67. The number of nitrogens with zero attached hydrogens (tertiary/aromatic N) is 1. The van der Waals surface area contributed by atoms with Crippen LogP contribution >= 0.6 is 0 Å². The van der Waals surface area contributed by atoms with E-state index in [1.807, 2.05) is 13.8 Å². The quantitative estimate of drug-likeness (QED) is 0.689. The standard InChI is InChI=1S/C14H26N2O4/c1-10(2)16(8-9-17)14(20)15-12(13(18)19)11-6-4-3-5-7-11/h10-12,17H,3-9H2,1-2H3,(H,15,20)(H,18,19). The fourth-order valence-corrected chi connectivity index (χ4v) is 2.77. The number of aliphatic carboxylic acids is 1. The number of rotatable bonds is 6. The van der Waals surface area contributed by atoms with Crippen LogP contribution in [0.25, 0.3) is 0 Å². The lowest BCUT2D eigenvalue weighted by Gasteiger charge is -2.32. The van der Waals surface area contributed by atoms with Crippen LogP contribution in [0.1, 0.15) is 46.0 Å². The summed E-state index contributed by atoms with van der Waals surface area (Å²) < 4.78 is 0. The highest BCUT2D eigenvalue weighted by molar-refractivity contribution is 5.83. The summed E-state index contributed by atoms with van der Waals surface area (Å²) in [5.41, 5.74) is 0. The van der Waals surface area contributed by atoms with Gasteiger partial charge in [-0.25, -0.2) is 9.59 Å². The molecule has 6 nitrogen and oxygen atoms in total. The molecule has 1 rings (SSSR count). The molecule has 116 valence electrons. The van der Waals surface area contributed by atoms with E-state index in [1.54, 1.807) is 0 Å². The van der Waals surface area contributed by atoms with Crippen molar-refractivity contribution in [3.05, 3.63) is 0 Å². The number of aliphatic hydroxyl groups excluding tert-OH is 1. The summed E-state index contributed by atoms with van der Waals surface area (Å²) in [6.45, 7) is 3.75. The number of carboxylic acids is 1. The number of carbonyl (C=O) groups excluding carboxylic acids is 1. The molecule has 0 heterocycles. The summed E-state index contributed by atoms with van der Waals surface area (Å²) in [6.07, 6.45) is 4.88. The van der Waals surface area contributed by atoms with Crippen molar-refractivity contribution in [1.82, 2.24) is 10.2 Å². The van der Waals surface area contributed by atoms with Gasteiger partial charge in [0.1, 0.15) is 6.04 Å². The Balaban J connectivity index is 2.68. The predicted molar refractivity (Wildman–Crippen MR) is 75.5 cm³/mol. The van der Waals surface area contributed by atoms with Crippen molar-refractivity contribution in [1.29, 1.82) is 0 Å². The Bertz CT molecular complexity index is 327. The van der Waals surface area contributed by atoms with Crippen molar-refractivity contribution in [3.63, 3.8) is 0 Å². The van der Waals surface area contributed by atoms with E-state index in [1.165, 1.54) is 4.90 Å². The van der Waals surface area contributed by atoms with Crippen molar-refractivity contribution in [3.8, 4) is 0 Å². The van der Waals surface area contributed by atoms with Crippen LogP contribution in [0, 0.1) is 5.92 Å². The first-order valence-electron chi connectivity index (χ1n) is 7.38. The van der Waals surface area contributed by atoms with Gasteiger partial charge in [0.25, 0.3) is 0 Å². The zero-order valence-electron chi connectivity index (χ0n) is 12.3. The Morgan fingerprint density at radius 3 is 2.30 bits per heavy atom. The zero-order valence-corrected chi connectivity index (χ0v) is 12.3. The minimum absolute atomic E-state index is 0.00772. The molecule has 0 aromatic rings. The molecule has 1 atom stereocenters. The van der Waals surface area contributed by atoms with Gasteiger partial charge >= 0.3 is 12.0 Å². The zero-order chi connectivity index (χ0) is 15.1. The van der Waals surface area contributed by atoms with Crippen molar-refractivity contribution in [2.75, 3.05) is 13.2 Å². The van der Waals surface area contributed by atoms with Gasteiger partial charge < -0.3 is 20.4 Å². The Hall–Kier alpha value is -1.30. The molecular formula is C14H26N2O4. The van der Waals surface area contributed by atoms with Gasteiger partial charge in [0.2, 0.25) is 0 Å². The van der Waals surface area contributed by atoms with E-state index in [-0.39, 0.29) is 25.1 Å². The maximum Gasteiger partial charge on any atom is 0.326 e. The lowest BCUT2D eigenvalue weighted by Crippen LogP contribution is -2.53. The third kappa shape index (κ3) is 4.67. The summed E-state index contributed by atoms with van der Waals surface area (Å²) in [5.74, 6) is -0.966. The largest absolute Gasteiger partial charge is 0.480 e. The predicted octanol–water partition coefficient (Wildman–Crippen LogP) is 1.43. The van der Waals surface area contributed by atoms with Crippen molar-refractivity contribution in [2.45, 2.75) is 58.0 Å². The second kappa shape index (κ2) is 8.09. The van der Waals surface area contributed by atoms with Gasteiger partial charge in [0, 0.05) is 12.6 Å². The molecule has 1 saturated carbocycles. The highest BCUT2D eigenvalue weighted by Crippen LogP contribution is 2.26. The number of nitrogens with one attached hydrogen (secondary N) is 1. The smallest absolute Gasteiger partial charge is 0.326 e. The molecule has 0 aromatic heterocycles. The fourth-order valence-electron chi connectivity index (χ4n) is 2.77. The summed E-state index contributed by atoms with van der Waals surface area (Å²) in [7, 11) is 0. The normalized spacial score (nSPS) is 17.8. The molecule has 20 heavy (non-hydrogen) atoms. The van der Waals surface area contributed by atoms with Gasteiger partial charge in [-0.15, -0.1) is 0 Å². The average Bonchev–Trinajstić information content (AvgIpc) is 2.42. The van der Waals surface area contributed by atoms with Crippen molar-refractivity contribution >= 4 is 12.0 Å². The summed E-state index contributed by atoms with van der Waals surface area (Å²) in [5, 5.41) is 21.0. The molecule has 0 bridgehead atoms. The molecule has 0 spiro atoms. The minimum atomic E-state index is -0.974. The van der Waals surface area contributed by atoms with E-state index < -0.39 is 18.0 Å². The minimum Gasteiger partial charge on any atom is -0.480 e.